The summed E-state index contributed by atoms with van der Waals surface area (Å²) in [5.41, 5.74) is 3.33. The van der Waals surface area contributed by atoms with Gasteiger partial charge in [-0.15, -0.1) is 0 Å². The van der Waals surface area contributed by atoms with Crippen molar-refractivity contribution in [3.05, 3.63) is 35.4 Å². The summed E-state index contributed by atoms with van der Waals surface area (Å²) in [5.74, 6) is 0.567. The highest BCUT2D eigenvalue weighted by atomic mass is 16.3. The van der Waals surface area contributed by atoms with E-state index in [-0.39, 0.29) is 12.6 Å². The molecule has 0 unspecified atom stereocenters. The lowest BCUT2D eigenvalue weighted by atomic mass is 9.95. The van der Waals surface area contributed by atoms with Gasteiger partial charge in [0.2, 0.25) is 0 Å². The van der Waals surface area contributed by atoms with E-state index < -0.39 is 0 Å². The molecule has 4 nitrogen and oxygen atoms in total. The Morgan fingerprint density at radius 2 is 2.23 bits per heavy atom. The largest absolute Gasteiger partial charge is 0.395 e. The van der Waals surface area contributed by atoms with Crippen LogP contribution < -0.4 is 5.32 Å². The zero-order chi connectivity index (χ0) is 15.6. The molecule has 2 aliphatic carbocycles. The van der Waals surface area contributed by atoms with Crippen molar-refractivity contribution >= 4 is 6.03 Å². The molecule has 22 heavy (non-hydrogen) atoms. The van der Waals surface area contributed by atoms with Crippen molar-refractivity contribution in [1.29, 1.82) is 0 Å². The fraction of sp³-hybridized carbons (Fsp3) is 0.611. The van der Waals surface area contributed by atoms with E-state index >= 15 is 0 Å². The molecular formula is C18H26N2O2. The SMILES string of the molecule is CCCN(CCO)C(=O)NC[C@H]1C[C@@]12CCc1ccccc12. The lowest BCUT2D eigenvalue weighted by Gasteiger charge is -2.22. The number of carbonyl (C=O) groups excluding carboxylic acids is 1. The summed E-state index contributed by atoms with van der Waals surface area (Å²) < 4.78 is 0. The van der Waals surface area contributed by atoms with Gasteiger partial charge in [0, 0.05) is 25.0 Å². The fourth-order valence-electron chi connectivity index (χ4n) is 4.03. The molecule has 2 aliphatic rings. The molecule has 1 aromatic rings. The average molecular weight is 302 g/mol. The number of aryl methyl sites for hydroxylation is 1. The second-order valence-corrected chi connectivity index (χ2v) is 6.61. The summed E-state index contributed by atoms with van der Waals surface area (Å²) in [6.45, 7) is 3.93. The van der Waals surface area contributed by atoms with Crippen LogP contribution in [0.15, 0.2) is 24.3 Å². The van der Waals surface area contributed by atoms with E-state index in [2.05, 4.69) is 29.6 Å². The molecule has 0 radical (unpaired) electrons. The first-order valence-electron chi connectivity index (χ1n) is 8.43. The van der Waals surface area contributed by atoms with Crippen LogP contribution in [-0.2, 0) is 11.8 Å². The predicted octanol–water partition coefficient (Wildman–Crippen LogP) is 2.30. The number of hydrogen-bond acceptors (Lipinski definition) is 2. The second kappa shape index (κ2) is 6.29. The van der Waals surface area contributed by atoms with Gasteiger partial charge in [0.05, 0.1) is 6.61 Å². The highest BCUT2D eigenvalue weighted by Crippen LogP contribution is 2.61. The molecule has 3 rings (SSSR count). The highest BCUT2D eigenvalue weighted by Gasteiger charge is 2.57. The molecule has 1 fully saturated rings. The van der Waals surface area contributed by atoms with Crippen LogP contribution in [0.2, 0.25) is 0 Å². The summed E-state index contributed by atoms with van der Waals surface area (Å²) >= 11 is 0. The van der Waals surface area contributed by atoms with Crippen LogP contribution in [0.3, 0.4) is 0 Å². The van der Waals surface area contributed by atoms with Gasteiger partial charge < -0.3 is 15.3 Å². The monoisotopic (exact) mass is 302 g/mol. The minimum atomic E-state index is -0.0377. The summed E-state index contributed by atoms with van der Waals surface area (Å²) in [7, 11) is 0. The standard InChI is InChI=1S/C18H26N2O2/c1-2-9-20(10-11-21)17(22)19-13-15-12-18(15)8-7-14-5-3-4-6-16(14)18/h3-6,15,21H,2,7-13H2,1H3,(H,19,22)/t15-,18+/m1/s1. The molecule has 120 valence electrons. The lowest BCUT2D eigenvalue weighted by Crippen LogP contribution is -2.43. The number of urea groups is 1. The Hall–Kier alpha value is -1.55. The van der Waals surface area contributed by atoms with E-state index in [1.54, 1.807) is 4.90 Å². The minimum absolute atomic E-state index is 0.0220. The normalized spacial score (nSPS) is 25.1. The Balaban J connectivity index is 1.55. The third kappa shape index (κ3) is 2.72. The van der Waals surface area contributed by atoms with Crippen molar-refractivity contribution in [2.75, 3.05) is 26.2 Å². The molecule has 2 N–H and O–H groups in total. The number of carbonyl (C=O) groups is 1. The average Bonchev–Trinajstić information content (AvgIpc) is 3.12. The molecule has 1 spiro atoms. The maximum atomic E-state index is 12.2. The van der Waals surface area contributed by atoms with E-state index in [1.807, 2.05) is 6.92 Å². The molecule has 0 aromatic heterocycles. The number of amides is 2. The van der Waals surface area contributed by atoms with E-state index in [0.29, 0.717) is 24.4 Å². The molecule has 0 bridgehead atoms. The third-order valence-corrected chi connectivity index (χ3v) is 5.28. The number of fused-ring (bicyclic) bond motifs is 2. The molecule has 1 aromatic carbocycles. The van der Waals surface area contributed by atoms with Crippen molar-refractivity contribution in [3.63, 3.8) is 0 Å². The maximum absolute atomic E-state index is 12.2. The first-order valence-corrected chi connectivity index (χ1v) is 8.43. The maximum Gasteiger partial charge on any atom is 0.317 e. The summed E-state index contributed by atoms with van der Waals surface area (Å²) in [4.78, 5) is 13.9. The molecule has 0 heterocycles. The molecular weight excluding hydrogens is 276 g/mol. The summed E-state index contributed by atoms with van der Waals surface area (Å²) in [6.07, 6.45) is 4.50. The van der Waals surface area contributed by atoms with Crippen LogP contribution in [0.4, 0.5) is 4.79 Å². The minimum Gasteiger partial charge on any atom is -0.395 e. The Morgan fingerprint density at radius 1 is 1.41 bits per heavy atom. The highest BCUT2D eigenvalue weighted by molar-refractivity contribution is 5.74. The number of aliphatic hydroxyl groups excluding tert-OH is 1. The molecule has 0 aliphatic heterocycles. The molecule has 2 atom stereocenters. The van der Waals surface area contributed by atoms with Gasteiger partial charge in [-0.25, -0.2) is 4.79 Å². The second-order valence-electron chi connectivity index (χ2n) is 6.61. The molecule has 4 heteroatoms. The van der Waals surface area contributed by atoms with Gasteiger partial charge in [-0.05, 0) is 42.7 Å². The molecule has 1 saturated carbocycles. The van der Waals surface area contributed by atoms with Crippen molar-refractivity contribution in [1.82, 2.24) is 10.2 Å². The van der Waals surface area contributed by atoms with Crippen molar-refractivity contribution in [2.45, 2.75) is 38.0 Å². The van der Waals surface area contributed by atoms with Crippen molar-refractivity contribution in [3.8, 4) is 0 Å². The number of hydrogen-bond donors (Lipinski definition) is 2. The van der Waals surface area contributed by atoms with Crippen LogP contribution in [-0.4, -0.2) is 42.3 Å². The van der Waals surface area contributed by atoms with Crippen molar-refractivity contribution in [2.24, 2.45) is 5.92 Å². The van der Waals surface area contributed by atoms with E-state index in [1.165, 1.54) is 30.4 Å². The number of aliphatic hydroxyl groups is 1. The van der Waals surface area contributed by atoms with Crippen LogP contribution in [0.1, 0.15) is 37.3 Å². The van der Waals surface area contributed by atoms with Gasteiger partial charge in [0.25, 0.3) is 0 Å². The van der Waals surface area contributed by atoms with Gasteiger partial charge in [0.15, 0.2) is 0 Å². The first kappa shape index (κ1) is 15.3. The Labute approximate surface area is 132 Å². The van der Waals surface area contributed by atoms with Crippen LogP contribution >= 0.6 is 0 Å². The number of nitrogens with one attached hydrogen (secondary N) is 1. The zero-order valence-corrected chi connectivity index (χ0v) is 13.3. The third-order valence-electron chi connectivity index (χ3n) is 5.28. The van der Waals surface area contributed by atoms with E-state index in [0.717, 1.165) is 13.0 Å². The molecule has 0 saturated heterocycles. The first-order chi connectivity index (χ1) is 10.7. The predicted molar refractivity (Wildman–Crippen MR) is 86.9 cm³/mol. The van der Waals surface area contributed by atoms with Crippen LogP contribution in [0, 0.1) is 5.92 Å². The van der Waals surface area contributed by atoms with Gasteiger partial charge in [-0.2, -0.15) is 0 Å². The quantitative estimate of drug-likeness (QED) is 0.847. The topological polar surface area (TPSA) is 52.6 Å². The zero-order valence-electron chi connectivity index (χ0n) is 13.3. The van der Waals surface area contributed by atoms with Crippen LogP contribution in [0.5, 0.6) is 0 Å². The van der Waals surface area contributed by atoms with Crippen LogP contribution in [0.25, 0.3) is 0 Å². The van der Waals surface area contributed by atoms with E-state index in [9.17, 15) is 4.79 Å². The van der Waals surface area contributed by atoms with Gasteiger partial charge in [0.1, 0.15) is 0 Å². The van der Waals surface area contributed by atoms with E-state index in [4.69, 9.17) is 5.11 Å². The number of benzene rings is 1. The van der Waals surface area contributed by atoms with Gasteiger partial charge in [-0.1, -0.05) is 31.2 Å². The Morgan fingerprint density at radius 3 is 3.00 bits per heavy atom. The molecule has 2 amide bonds. The lowest BCUT2D eigenvalue weighted by molar-refractivity contribution is 0.176. The smallest absolute Gasteiger partial charge is 0.317 e. The Kier molecular flexibility index (Phi) is 4.39. The van der Waals surface area contributed by atoms with Gasteiger partial charge >= 0.3 is 6.03 Å². The Bertz CT molecular complexity index is 540. The van der Waals surface area contributed by atoms with Crippen molar-refractivity contribution < 1.29 is 9.90 Å². The fourth-order valence-corrected chi connectivity index (χ4v) is 4.03. The summed E-state index contributed by atoms with van der Waals surface area (Å²) in [6, 6.07) is 8.71. The summed E-state index contributed by atoms with van der Waals surface area (Å²) in [5, 5.41) is 12.1. The number of nitrogens with zero attached hydrogens (tertiary/aromatic N) is 1. The number of rotatable bonds is 6. The van der Waals surface area contributed by atoms with Gasteiger partial charge in [-0.3, -0.25) is 0 Å².